The maximum Gasteiger partial charge on any atom is 0.191 e. The zero-order valence-corrected chi connectivity index (χ0v) is 18.3. The Morgan fingerprint density at radius 2 is 2.03 bits per heavy atom. The fourth-order valence-electron chi connectivity index (χ4n) is 3.33. The highest BCUT2D eigenvalue weighted by Crippen LogP contribution is 2.24. The Labute approximate surface area is 175 Å². The molecule has 1 atom stereocenters. The first-order chi connectivity index (χ1) is 14.3. The van der Waals surface area contributed by atoms with Crippen LogP contribution in [0.15, 0.2) is 29.3 Å². The van der Waals surface area contributed by atoms with Crippen LogP contribution in [0.4, 0.5) is 5.69 Å². The molecule has 0 radical (unpaired) electrons. The minimum Gasteiger partial charge on any atom is -0.497 e. The van der Waals surface area contributed by atoms with E-state index >= 15 is 0 Å². The third-order valence-corrected chi connectivity index (χ3v) is 4.96. The van der Waals surface area contributed by atoms with Crippen LogP contribution in [0.3, 0.4) is 0 Å². The van der Waals surface area contributed by atoms with Gasteiger partial charge in [-0.2, -0.15) is 0 Å². The van der Waals surface area contributed by atoms with Crippen molar-refractivity contribution in [3.8, 4) is 5.75 Å². The van der Waals surface area contributed by atoms with E-state index in [9.17, 15) is 0 Å². The van der Waals surface area contributed by atoms with Crippen molar-refractivity contribution in [3.05, 3.63) is 24.3 Å². The largest absolute Gasteiger partial charge is 0.497 e. The van der Waals surface area contributed by atoms with Gasteiger partial charge < -0.3 is 29.7 Å². The maximum atomic E-state index is 5.61. The molecule has 29 heavy (non-hydrogen) atoms. The number of hydrogen-bond donors (Lipinski definition) is 2. The number of benzene rings is 1. The van der Waals surface area contributed by atoms with E-state index in [1.807, 2.05) is 12.1 Å². The number of unbranched alkanes of at least 4 members (excludes halogenated alkanes) is 1. The summed E-state index contributed by atoms with van der Waals surface area (Å²) in [5.74, 6) is 1.72. The van der Waals surface area contributed by atoms with Gasteiger partial charge >= 0.3 is 0 Å². The SMILES string of the molecule is CCCCOCCOCCNC(=NC)NC1CCCN(c2cccc(OC)c2)C1. The summed E-state index contributed by atoms with van der Waals surface area (Å²) in [5, 5.41) is 6.88. The van der Waals surface area contributed by atoms with Crippen LogP contribution >= 0.6 is 0 Å². The summed E-state index contributed by atoms with van der Waals surface area (Å²) in [4.78, 5) is 6.75. The minimum atomic E-state index is 0.356. The molecule has 0 aromatic heterocycles. The second-order valence-corrected chi connectivity index (χ2v) is 7.21. The molecule has 7 nitrogen and oxygen atoms in total. The molecule has 0 spiro atoms. The molecule has 2 N–H and O–H groups in total. The topological polar surface area (TPSA) is 67.4 Å². The van der Waals surface area contributed by atoms with Crippen LogP contribution in [0.25, 0.3) is 0 Å². The van der Waals surface area contributed by atoms with Crippen LogP contribution < -0.4 is 20.3 Å². The van der Waals surface area contributed by atoms with Crippen LogP contribution in [0.2, 0.25) is 0 Å². The number of nitrogens with zero attached hydrogens (tertiary/aromatic N) is 2. The van der Waals surface area contributed by atoms with Crippen molar-refractivity contribution in [2.24, 2.45) is 4.99 Å². The number of nitrogens with one attached hydrogen (secondary N) is 2. The molecule has 1 fully saturated rings. The molecule has 7 heteroatoms. The number of piperidine rings is 1. The summed E-state index contributed by atoms with van der Waals surface area (Å²) in [6, 6.07) is 8.61. The molecule has 1 aliphatic heterocycles. The summed E-state index contributed by atoms with van der Waals surface area (Å²) in [6.45, 7) is 7.65. The Bertz CT molecular complexity index is 597. The van der Waals surface area contributed by atoms with Crippen LogP contribution in [-0.4, -0.2) is 72.2 Å². The van der Waals surface area contributed by atoms with E-state index in [2.05, 4.69) is 39.6 Å². The highest BCUT2D eigenvalue weighted by atomic mass is 16.5. The number of aliphatic imine (C=N–C) groups is 1. The fraction of sp³-hybridized carbons (Fsp3) is 0.682. The van der Waals surface area contributed by atoms with Gasteiger partial charge in [0, 0.05) is 51.1 Å². The second-order valence-electron chi connectivity index (χ2n) is 7.21. The predicted octanol–water partition coefficient (Wildman–Crippen LogP) is 2.66. The van der Waals surface area contributed by atoms with Gasteiger partial charge in [0.05, 0.1) is 26.9 Å². The van der Waals surface area contributed by atoms with Crippen molar-refractivity contribution in [2.45, 2.75) is 38.6 Å². The second kappa shape index (κ2) is 14.1. The van der Waals surface area contributed by atoms with Crippen molar-refractivity contribution < 1.29 is 14.2 Å². The molecule has 0 amide bonds. The standard InChI is InChI=1S/C22H38N4O3/c1-4-5-13-28-15-16-29-14-11-24-22(23-2)25-19-8-7-12-26(18-19)20-9-6-10-21(17-20)27-3/h6,9-10,17,19H,4-5,7-8,11-16,18H2,1-3H3,(H2,23,24,25). The first kappa shape index (κ1) is 23.3. The van der Waals surface area contributed by atoms with Crippen molar-refractivity contribution in [1.82, 2.24) is 10.6 Å². The molecule has 1 aromatic carbocycles. The number of hydrogen-bond acceptors (Lipinski definition) is 5. The lowest BCUT2D eigenvalue weighted by Crippen LogP contribution is -2.51. The lowest BCUT2D eigenvalue weighted by atomic mass is 10.0. The summed E-state index contributed by atoms with van der Waals surface area (Å²) in [7, 11) is 3.51. The van der Waals surface area contributed by atoms with Crippen LogP contribution in [0.5, 0.6) is 5.75 Å². The van der Waals surface area contributed by atoms with Gasteiger partial charge in [-0.05, 0) is 31.4 Å². The third-order valence-electron chi connectivity index (χ3n) is 4.96. The monoisotopic (exact) mass is 406 g/mol. The Balaban J connectivity index is 1.66. The van der Waals surface area contributed by atoms with Crippen molar-refractivity contribution >= 4 is 11.6 Å². The Hall–Kier alpha value is -1.99. The molecule has 1 aromatic rings. The van der Waals surface area contributed by atoms with Gasteiger partial charge in [0.2, 0.25) is 0 Å². The molecule has 0 bridgehead atoms. The third kappa shape index (κ3) is 8.92. The Morgan fingerprint density at radius 3 is 2.79 bits per heavy atom. The van der Waals surface area contributed by atoms with Crippen LogP contribution in [0.1, 0.15) is 32.6 Å². The van der Waals surface area contributed by atoms with Gasteiger partial charge in [0.15, 0.2) is 5.96 Å². The van der Waals surface area contributed by atoms with Gasteiger partial charge in [0.1, 0.15) is 5.75 Å². The van der Waals surface area contributed by atoms with E-state index in [1.165, 1.54) is 5.69 Å². The Morgan fingerprint density at radius 1 is 1.21 bits per heavy atom. The summed E-state index contributed by atoms with van der Waals surface area (Å²) >= 11 is 0. The fourth-order valence-corrected chi connectivity index (χ4v) is 3.33. The lowest BCUT2D eigenvalue weighted by molar-refractivity contribution is 0.0487. The summed E-state index contributed by atoms with van der Waals surface area (Å²) in [5.41, 5.74) is 1.20. The molecule has 0 aliphatic carbocycles. The smallest absolute Gasteiger partial charge is 0.191 e. The molecule has 1 heterocycles. The average Bonchev–Trinajstić information content (AvgIpc) is 2.77. The minimum absolute atomic E-state index is 0.356. The van der Waals surface area contributed by atoms with E-state index < -0.39 is 0 Å². The first-order valence-electron chi connectivity index (χ1n) is 10.8. The number of methoxy groups -OCH3 is 1. The van der Waals surface area contributed by atoms with Crippen molar-refractivity contribution in [1.29, 1.82) is 0 Å². The maximum absolute atomic E-state index is 5.61. The molecule has 1 unspecified atom stereocenters. The van der Waals surface area contributed by atoms with Gasteiger partial charge in [-0.25, -0.2) is 0 Å². The Kier molecular flexibility index (Phi) is 11.3. The highest BCUT2D eigenvalue weighted by Gasteiger charge is 2.21. The quantitative estimate of drug-likeness (QED) is 0.316. The molecular formula is C22H38N4O3. The molecule has 1 aliphatic rings. The number of guanidine groups is 1. The van der Waals surface area contributed by atoms with Gasteiger partial charge in [-0.1, -0.05) is 19.4 Å². The van der Waals surface area contributed by atoms with Gasteiger partial charge in [-0.3, -0.25) is 4.99 Å². The molecule has 164 valence electrons. The molecule has 2 rings (SSSR count). The molecule has 0 saturated carbocycles. The number of rotatable bonds is 12. The average molecular weight is 407 g/mol. The van der Waals surface area contributed by atoms with Gasteiger partial charge in [0.25, 0.3) is 0 Å². The van der Waals surface area contributed by atoms with E-state index in [0.29, 0.717) is 25.9 Å². The predicted molar refractivity (Wildman–Crippen MR) is 119 cm³/mol. The van der Waals surface area contributed by atoms with E-state index in [4.69, 9.17) is 14.2 Å². The first-order valence-corrected chi connectivity index (χ1v) is 10.8. The van der Waals surface area contributed by atoms with E-state index in [0.717, 1.165) is 63.6 Å². The number of ether oxygens (including phenoxy) is 3. The van der Waals surface area contributed by atoms with Crippen LogP contribution in [0, 0.1) is 0 Å². The van der Waals surface area contributed by atoms with E-state index in [-0.39, 0.29) is 0 Å². The zero-order chi connectivity index (χ0) is 20.7. The van der Waals surface area contributed by atoms with Gasteiger partial charge in [-0.15, -0.1) is 0 Å². The molecular weight excluding hydrogens is 368 g/mol. The van der Waals surface area contributed by atoms with Crippen LogP contribution in [-0.2, 0) is 9.47 Å². The zero-order valence-electron chi connectivity index (χ0n) is 18.3. The molecule has 1 saturated heterocycles. The van der Waals surface area contributed by atoms with Crippen molar-refractivity contribution in [3.63, 3.8) is 0 Å². The summed E-state index contributed by atoms with van der Waals surface area (Å²) < 4.78 is 16.5. The van der Waals surface area contributed by atoms with E-state index in [1.54, 1.807) is 14.2 Å². The number of anilines is 1. The lowest BCUT2D eigenvalue weighted by Gasteiger charge is -2.35. The highest BCUT2D eigenvalue weighted by molar-refractivity contribution is 5.80. The normalized spacial score (nSPS) is 17.3. The summed E-state index contributed by atoms with van der Waals surface area (Å²) in [6.07, 6.45) is 4.55. The van der Waals surface area contributed by atoms with Crippen molar-refractivity contribution in [2.75, 3.05) is 65.1 Å².